The predicted octanol–water partition coefficient (Wildman–Crippen LogP) is 3.55. The summed E-state index contributed by atoms with van der Waals surface area (Å²) in [4.78, 5) is 28.4. The van der Waals surface area contributed by atoms with Crippen molar-refractivity contribution in [2.45, 2.75) is 30.8 Å². The van der Waals surface area contributed by atoms with Crippen molar-refractivity contribution in [3.8, 4) is 0 Å². The molecule has 1 fully saturated rings. The summed E-state index contributed by atoms with van der Waals surface area (Å²) >= 11 is 0. The van der Waals surface area contributed by atoms with Gasteiger partial charge in [-0.1, -0.05) is 60.7 Å². The SMILES string of the molecule is Cc1ccc([C@@]2(c3ccccc3)NC(=O)N(Cc3cccc(S(=O)(=O)N(C)C)c3)C2=O)cc1C. The van der Waals surface area contributed by atoms with Gasteiger partial charge in [-0.15, -0.1) is 0 Å². The van der Waals surface area contributed by atoms with Crippen LogP contribution in [0.1, 0.15) is 27.8 Å². The van der Waals surface area contributed by atoms with Crippen LogP contribution in [0, 0.1) is 13.8 Å². The number of carbonyl (C=O) groups is 2. The van der Waals surface area contributed by atoms with Crippen molar-refractivity contribution < 1.29 is 18.0 Å². The molecule has 1 heterocycles. The number of urea groups is 1. The average molecular weight is 478 g/mol. The zero-order valence-corrected chi connectivity index (χ0v) is 20.4. The second kappa shape index (κ2) is 8.70. The monoisotopic (exact) mass is 477 g/mol. The Balaban J connectivity index is 1.77. The molecule has 8 heteroatoms. The van der Waals surface area contributed by atoms with Crippen LogP contribution in [0.5, 0.6) is 0 Å². The van der Waals surface area contributed by atoms with E-state index in [0.717, 1.165) is 20.3 Å². The molecule has 1 saturated heterocycles. The highest BCUT2D eigenvalue weighted by atomic mass is 32.2. The molecule has 0 bridgehead atoms. The summed E-state index contributed by atoms with van der Waals surface area (Å²) < 4.78 is 26.2. The molecule has 7 nitrogen and oxygen atoms in total. The van der Waals surface area contributed by atoms with Crippen LogP contribution < -0.4 is 5.32 Å². The summed E-state index contributed by atoms with van der Waals surface area (Å²) in [6, 6.07) is 20.6. The molecule has 1 atom stereocenters. The zero-order valence-electron chi connectivity index (χ0n) is 19.6. The fraction of sp³-hybridized carbons (Fsp3) is 0.231. The third kappa shape index (κ3) is 3.89. The number of carbonyl (C=O) groups excluding carboxylic acids is 2. The lowest BCUT2D eigenvalue weighted by Gasteiger charge is -2.28. The van der Waals surface area contributed by atoms with Crippen molar-refractivity contribution in [2.24, 2.45) is 0 Å². The molecule has 0 aromatic heterocycles. The molecule has 1 N–H and O–H groups in total. The van der Waals surface area contributed by atoms with E-state index < -0.39 is 27.5 Å². The van der Waals surface area contributed by atoms with E-state index >= 15 is 0 Å². The first-order valence-corrected chi connectivity index (χ1v) is 12.3. The van der Waals surface area contributed by atoms with Gasteiger partial charge in [-0.2, -0.15) is 0 Å². The molecular weight excluding hydrogens is 450 g/mol. The third-order valence-corrected chi connectivity index (χ3v) is 8.08. The molecule has 0 unspecified atom stereocenters. The van der Waals surface area contributed by atoms with Crippen molar-refractivity contribution in [3.05, 3.63) is 101 Å². The van der Waals surface area contributed by atoms with Crippen LogP contribution in [0.2, 0.25) is 0 Å². The van der Waals surface area contributed by atoms with Gasteiger partial charge < -0.3 is 5.32 Å². The van der Waals surface area contributed by atoms with Crippen molar-refractivity contribution in [3.63, 3.8) is 0 Å². The average Bonchev–Trinajstić information content (AvgIpc) is 3.07. The van der Waals surface area contributed by atoms with E-state index in [2.05, 4.69) is 5.32 Å². The van der Waals surface area contributed by atoms with Crippen molar-refractivity contribution in [2.75, 3.05) is 14.1 Å². The van der Waals surface area contributed by atoms with E-state index in [4.69, 9.17) is 0 Å². The van der Waals surface area contributed by atoms with Crippen LogP contribution in [0.4, 0.5) is 4.79 Å². The Labute approximate surface area is 200 Å². The third-order valence-electron chi connectivity index (χ3n) is 6.27. The Morgan fingerprint density at radius 2 is 1.56 bits per heavy atom. The first-order valence-electron chi connectivity index (χ1n) is 10.9. The van der Waals surface area contributed by atoms with Gasteiger partial charge in [0.05, 0.1) is 11.4 Å². The fourth-order valence-corrected chi connectivity index (χ4v) is 5.11. The lowest BCUT2D eigenvalue weighted by atomic mass is 9.81. The predicted molar refractivity (Wildman–Crippen MR) is 130 cm³/mol. The minimum absolute atomic E-state index is 0.0547. The summed E-state index contributed by atoms with van der Waals surface area (Å²) in [6.07, 6.45) is 0. The second-order valence-corrected chi connectivity index (χ2v) is 10.8. The van der Waals surface area contributed by atoms with Crippen molar-refractivity contribution >= 4 is 22.0 Å². The number of benzene rings is 3. The molecule has 4 rings (SSSR count). The first-order chi connectivity index (χ1) is 16.1. The standard InChI is InChI=1S/C26H27N3O4S/c1-18-13-14-22(15-19(18)2)26(21-10-6-5-7-11-21)24(30)29(25(31)27-26)17-20-9-8-12-23(16-20)34(32,33)28(3)4/h5-16H,17H2,1-4H3,(H,27,31)/t26-/m1/s1. The maximum Gasteiger partial charge on any atom is 0.325 e. The van der Waals surface area contributed by atoms with E-state index in [9.17, 15) is 18.0 Å². The quantitative estimate of drug-likeness (QED) is 0.550. The summed E-state index contributed by atoms with van der Waals surface area (Å²) in [5, 5.41) is 2.94. The van der Waals surface area contributed by atoms with E-state index in [-0.39, 0.29) is 11.4 Å². The zero-order chi connectivity index (χ0) is 24.7. The molecule has 0 saturated carbocycles. The molecule has 0 radical (unpaired) electrons. The number of amides is 3. The van der Waals surface area contributed by atoms with Gasteiger partial charge in [0, 0.05) is 14.1 Å². The summed E-state index contributed by atoms with van der Waals surface area (Å²) in [5.41, 5.74) is 2.59. The highest BCUT2D eigenvalue weighted by molar-refractivity contribution is 7.89. The van der Waals surface area contributed by atoms with Crippen LogP contribution in [-0.4, -0.2) is 43.7 Å². The number of imide groups is 1. The molecule has 1 aliphatic rings. The van der Waals surface area contributed by atoms with Gasteiger partial charge in [-0.3, -0.25) is 9.69 Å². The number of nitrogens with zero attached hydrogens (tertiary/aromatic N) is 2. The largest absolute Gasteiger partial charge is 0.325 e. The molecule has 3 aromatic rings. The molecule has 0 spiro atoms. The lowest BCUT2D eigenvalue weighted by molar-refractivity contribution is -0.130. The summed E-state index contributed by atoms with van der Waals surface area (Å²) in [6.45, 7) is 3.90. The van der Waals surface area contributed by atoms with Gasteiger partial charge in [0.15, 0.2) is 5.54 Å². The minimum Gasteiger partial charge on any atom is -0.315 e. The number of sulfonamides is 1. The van der Waals surface area contributed by atoms with E-state index in [1.54, 1.807) is 12.1 Å². The van der Waals surface area contributed by atoms with Gasteiger partial charge in [0.25, 0.3) is 5.91 Å². The van der Waals surface area contributed by atoms with Gasteiger partial charge in [-0.25, -0.2) is 17.5 Å². The van der Waals surface area contributed by atoms with E-state index in [1.165, 1.54) is 26.2 Å². The summed E-state index contributed by atoms with van der Waals surface area (Å²) in [7, 11) is -0.737. The molecular formula is C26H27N3O4S. The number of rotatable bonds is 6. The van der Waals surface area contributed by atoms with Crippen LogP contribution in [0.3, 0.4) is 0 Å². The molecule has 1 aliphatic heterocycles. The maximum absolute atomic E-state index is 13.9. The van der Waals surface area contributed by atoms with Crippen LogP contribution in [0.25, 0.3) is 0 Å². The van der Waals surface area contributed by atoms with Crippen LogP contribution >= 0.6 is 0 Å². The normalized spacial score (nSPS) is 18.4. The molecule has 3 aromatic carbocycles. The minimum atomic E-state index is -3.65. The summed E-state index contributed by atoms with van der Waals surface area (Å²) in [5.74, 6) is -0.409. The van der Waals surface area contributed by atoms with Gasteiger partial charge in [0.2, 0.25) is 10.0 Å². The Bertz CT molecular complexity index is 1370. The fourth-order valence-electron chi connectivity index (χ4n) is 4.14. The van der Waals surface area contributed by atoms with Crippen molar-refractivity contribution in [1.29, 1.82) is 0 Å². The lowest BCUT2D eigenvalue weighted by Crippen LogP contribution is -2.45. The van der Waals surface area contributed by atoms with Crippen molar-refractivity contribution in [1.82, 2.24) is 14.5 Å². The van der Waals surface area contributed by atoms with Crippen LogP contribution in [-0.2, 0) is 26.9 Å². The van der Waals surface area contributed by atoms with Gasteiger partial charge in [0.1, 0.15) is 0 Å². The Morgan fingerprint density at radius 3 is 2.21 bits per heavy atom. The molecule has 0 aliphatic carbocycles. The first kappa shape index (κ1) is 23.7. The van der Waals surface area contributed by atoms with Gasteiger partial charge in [-0.05, 0) is 53.8 Å². The van der Waals surface area contributed by atoms with Crippen LogP contribution in [0.15, 0.2) is 77.7 Å². The molecule has 34 heavy (non-hydrogen) atoms. The number of aryl methyl sites for hydroxylation is 2. The van der Waals surface area contributed by atoms with E-state index in [0.29, 0.717) is 16.7 Å². The highest BCUT2D eigenvalue weighted by Crippen LogP contribution is 2.37. The number of hydrogen-bond donors (Lipinski definition) is 1. The smallest absolute Gasteiger partial charge is 0.315 e. The second-order valence-electron chi connectivity index (χ2n) is 8.67. The molecule has 176 valence electrons. The Hall–Kier alpha value is -3.49. The highest BCUT2D eigenvalue weighted by Gasteiger charge is 2.53. The Morgan fingerprint density at radius 1 is 0.853 bits per heavy atom. The van der Waals surface area contributed by atoms with E-state index in [1.807, 2.05) is 62.4 Å². The molecule has 3 amide bonds. The number of nitrogens with one attached hydrogen (secondary N) is 1. The number of hydrogen-bond acceptors (Lipinski definition) is 4. The maximum atomic E-state index is 13.9. The Kier molecular flexibility index (Phi) is 6.05. The van der Waals surface area contributed by atoms with Gasteiger partial charge >= 0.3 is 6.03 Å². The topological polar surface area (TPSA) is 86.8 Å².